The number of nitrogens with zero attached hydrogens (tertiary/aromatic N) is 2. The molecule has 1 fully saturated rings. The Morgan fingerprint density at radius 3 is 2.74 bits per heavy atom. The second kappa shape index (κ2) is 7.03. The van der Waals surface area contributed by atoms with Crippen molar-refractivity contribution >= 4 is 17.2 Å². The van der Waals surface area contributed by atoms with Crippen molar-refractivity contribution in [1.82, 2.24) is 9.80 Å². The van der Waals surface area contributed by atoms with Gasteiger partial charge in [0.1, 0.15) is 0 Å². The summed E-state index contributed by atoms with van der Waals surface area (Å²) in [5, 5.41) is 11.4. The van der Waals surface area contributed by atoms with E-state index in [1.807, 2.05) is 11.0 Å². The quantitative estimate of drug-likeness (QED) is 0.883. The van der Waals surface area contributed by atoms with E-state index in [2.05, 4.69) is 16.3 Å². The maximum absolute atomic E-state index is 12.1. The summed E-state index contributed by atoms with van der Waals surface area (Å²) < 4.78 is 0. The standard InChI is InChI=1S/C14H22N2O2S/c1-12(17)11-15-6-8-16(9-7-15)14(18)5-4-13-3-2-10-19-13/h2-3,10,12,17H,4-9,11H2,1H3/t12-/m0/s1. The molecule has 0 bridgehead atoms. The molecule has 0 saturated carbocycles. The average Bonchev–Trinajstić information content (AvgIpc) is 2.89. The molecule has 1 atom stereocenters. The smallest absolute Gasteiger partial charge is 0.223 e. The van der Waals surface area contributed by atoms with E-state index in [0.717, 1.165) is 32.6 Å². The lowest BCUT2D eigenvalue weighted by atomic mass is 10.2. The summed E-state index contributed by atoms with van der Waals surface area (Å²) in [6.45, 7) is 5.83. The van der Waals surface area contributed by atoms with Gasteiger partial charge in [-0.05, 0) is 24.8 Å². The summed E-state index contributed by atoms with van der Waals surface area (Å²) >= 11 is 1.71. The molecule has 1 N–H and O–H groups in total. The van der Waals surface area contributed by atoms with Gasteiger partial charge >= 0.3 is 0 Å². The maximum atomic E-state index is 12.1. The largest absolute Gasteiger partial charge is 0.392 e. The topological polar surface area (TPSA) is 43.8 Å². The number of rotatable bonds is 5. The number of carbonyl (C=O) groups is 1. The fourth-order valence-electron chi connectivity index (χ4n) is 2.40. The Kier molecular flexibility index (Phi) is 5.36. The molecule has 0 spiro atoms. The molecule has 4 nitrogen and oxygen atoms in total. The Labute approximate surface area is 118 Å². The van der Waals surface area contributed by atoms with Gasteiger partial charge in [-0.2, -0.15) is 0 Å². The van der Waals surface area contributed by atoms with Crippen LogP contribution in [0, 0.1) is 0 Å². The highest BCUT2D eigenvalue weighted by Gasteiger charge is 2.21. The Balaban J connectivity index is 1.70. The second-order valence-electron chi connectivity index (χ2n) is 5.11. The van der Waals surface area contributed by atoms with Gasteiger partial charge in [0.15, 0.2) is 0 Å². The zero-order chi connectivity index (χ0) is 13.7. The summed E-state index contributed by atoms with van der Waals surface area (Å²) in [7, 11) is 0. The highest BCUT2D eigenvalue weighted by atomic mass is 32.1. The van der Waals surface area contributed by atoms with E-state index in [4.69, 9.17) is 0 Å². The number of hydrogen-bond donors (Lipinski definition) is 1. The summed E-state index contributed by atoms with van der Waals surface area (Å²) in [6.07, 6.45) is 1.17. The van der Waals surface area contributed by atoms with Crippen molar-refractivity contribution in [2.45, 2.75) is 25.9 Å². The van der Waals surface area contributed by atoms with Crippen molar-refractivity contribution in [3.8, 4) is 0 Å². The van der Waals surface area contributed by atoms with Crippen LogP contribution in [0.2, 0.25) is 0 Å². The van der Waals surface area contributed by atoms with Gasteiger partial charge in [0.2, 0.25) is 5.91 Å². The van der Waals surface area contributed by atoms with Crippen molar-refractivity contribution < 1.29 is 9.90 Å². The van der Waals surface area contributed by atoms with E-state index in [9.17, 15) is 9.90 Å². The van der Waals surface area contributed by atoms with Crippen LogP contribution < -0.4 is 0 Å². The van der Waals surface area contributed by atoms with Gasteiger partial charge in [0.25, 0.3) is 0 Å². The molecular weight excluding hydrogens is 260 g/mol. The number of piperazine rings is 1. The lowest BCUT2D eigenvalue weighted by Crippen LogP contribution is -2.50. The number of carbonyl (C=O) groups excluding carboxylic acids is 1. The Bertz CT molecular complexity index is 384. The lowest BCUT2D eigenvalue weighted by Gasteiger charge is -2.35. The zero-order valence-electron chi connectivity index (χ0n) is 11.4. The molecule has 1 aromatic rings. The number of hydrogen-bond acceptors (Lipinski definition) is 4. The normalized spacial score (nSPS) is 18.5. The van der Waals surface area contributed by atoms with Gasteiger partial charge in [0.05, 0.1) is 6.10 Å². The van der Waals surface area contributed by atoms with E-state index < -0.39 is 0 Å². The third-order valence-electron chi connectivity index (χ3n) is 3.41. The van der Waals surface area contributed by atoms with E-state index in [1.54, 1.807) is 18.3 Å². The van der Waals surface area contributed by atoms with Gasteiger partial charge < -0.3 is 10.0 Å². The van der Waals surface area contributed by atoms with Crippen LogP contribution in [0.15, 0.2) is 17.5 Å². The fraction of sp³-hybridized carbons (Fsp3) is 0.643. The minimum atomic E-state index is -0.291. The highest BCUT2D eigenvalue weighted by molar-refractivity contribution is 7.09. The van der Waals surface area contributed by atoms with Gasteiger partial charge in [-0.15, -0.1) is 11.3 Å². The number of aryl methyl sites for hydroxylation is 1. The van der Waals surface area contributed by atoms with Crippen molar-refractivity contribution in [3.05, 3.63) is 22.4 Å². The number of aliphatic hydroxyl groups is 1. The van der Waals surface area contributed by atoms with Crippen LogP contribution in [0.3, 0.4) is 0 Å². The molecular formula is C14H22N2O2S. The van der Waals surface area contributed by atoms with Gasteiger partial charge in [-0.1, -0.05) is 6.07 Å². The van der Waals surface area contributed by atoms with Crippen molar-refractivity contribution in [1.29, 1.82) is 0 Å². The first-order valence-electron chi connectivity index (χ1n) is 6.85. The molecule has 1 amide bonds. The highest BCUT2D eigenvalue weighted by Crippen LogP contribution is 2.12. The summed E-state index contributed by atoms with van der Waals surface area (Å²) in [5.41, 5.74) is 0. The Morgan fingerprint density at radius 2 is 2.16 bits per heavy atom. The predicted octanol–water partition coefficient (Wildman–Crippen LogP) is 1.21. The van der Waals surface area contributed by atoms with Crippen LogP contribution in [-0.2, 0) is 11.2 Å². The lowest BCUT2D eigenvalue weighted by molar-refractivity contribution is -0.133. The molecule has 2 heterocycles. The molecule has 1 aliphatic heterocycles. The maximum Gasteiger partial charge on any atom is 0.223 e. The van der Waals surface area contributed by atoms with Crippen LogP contribution in [0.5, 0.6) is 0 Å². The summed E-state index contributed by atoms with van der Waals surface area (Å²) in [6, 6.07) is 4.11. The molecule has 19 heavy (non-hydrogen) atoms. The van der Waals surface area contributed by atoms with E-state index in [1.165, 1.54) is 4.88 Å². The minimum absolute atomic E-state index is 0.255. The zero-order valence-corrected chi connectivity index (χ0v) is 12.2. The molecule has 5 heteroatoms. The molecule has 1 saturated heterocycles. The van der Waals surface area contributed by atoms with E-state index in [-0.39, 0.29) is 12.0 Å². The SMILES string of the molecule is C[C@H](O)CN1CCN(C(=O)CCc2cccs2)CC1. The van der Waals surface area contributed by atoms with Gasteiger partial charge in [-0.25, -0.2) is 0 Å². The number of amides is 1. The third kappa shape index (κ3) is 4.60. The molecule has 0 radical (unpaired) electrons. The first-order chi connectivity index (χ1) is 9.15. The minimum Gasteiger partial charge on any atom is -0.392 e. The van der Waals surface area contributed by atoms with Crippen LogP contribution in [0.25, 0.3) is 0 Å². The predicted molar refractivity (Wildman–Crippen MR) is 77.3 cm³/mol. The van der Waals surface area contributed by atoms with Gasteiger partial charge in [0, 0.05) is 44.0 Å². The number of thiophene rings is 1. The number of aliphatic hydroxyl groups excluding tert-OH is 1. The molecule has 2 rings (SSSR count). The first kappa shape index (κ1) is 14.5. The van der Waals surface area contributed by atoms with Crippen LogP contribution >= 0.6 is 11.3 Å². The van der Waals surface area contributed by atoms with E-state index >= 15 is 0 Å². The molecule has 0 unspecified atom stereocenters. The molecule has 0 aromatic carbocycles. The first-order valence-corrected chi connectivity index (χ1v) is 7.73. The van der Waals surface area contributed by atoms with Crippen LogP contribution in [0.1, 0.15) is 18.2 Å². The monoisotopic (exact) mass is 282 g/mol. The molecule has 0 aliphatic carbocycles. The summed E-state index contributed by atoms with van der Waals surface area (Å²) in [4.78, 5) is 17.5. The van der Waals surface area contributed by atoms with E-state index in [0.29, 0.717) is 13.0 Å². The molecule has 1 aromatic heterocycles. The van der Waals surface area contributed by atoms with Crippen LogP contribution in [-0.4, -0.2) is 59.6 Å². The van der Waals surface area contributed by atoms with Crippen molar-refractivity contribution in [2.24, 2.45) is 0 Å². The van der Waals surface area contributed by atoms with Crippen LogP contribution in [0.4, 0.5) is 0 Å². The van der Waals surface area contributed by atoms with Gasteiger partial charge in [-0.3, -0.25) is 9.69 Å². The Morgan fingerprint density at radius 1 is 1.42 bits per heavy atom. The van der Waals surface area contributed by atoms with Crippen molar-refractivity contribution in [2.75, 3.05) is 32.7 Å². The fourth-order valence-corrected chi connectivity index (χ4v) is 3.11. The third-order valence-corrected chi connectivity index (χ3v) is 4.35. The summed E-state index contributed by atoms with van der Waals surface area (Å²) in [5.74, 6) is 0.255. The molecule has 1 aliphatic rings. The molecule has 106 valence electrons. The second-order valence-corrected chi connectivity index (χ2v) is 6.14. The van der Waals surface area contributed by atoms with Crippen molar-refractivity contribution in [3.63, 3.8) is 0 Å². The average molecular weight is 282 g/mol. The number of β-amino-alcohol motifs (C(OH)–C–C–N with tert-alkyl or cyclic N) is 1. The Hall–Kier alpha value is -0.910.